The number of rotatable bonds is 6. The summed E-state index contributed by atoms with van der Waals surface area (Å²) in [4.78, 5) is 14.2. The molecule has 0 spiro atoms. The molecule has 1 aromatic rings. The fraction of sp³-hybridized carbons (Fsp3) is 0.692. The van der Waals surface area contributed by atoms with Crippen LogP contribution >= 0.6 is 0 Å². The van der Waals surface area contributed by atoms with Crippen molar-refractivity contribution in [1.82, 2.24) is 14.7 Å². The van der Waals surface area contributed by atoms with E-state index >= 15 is 0 Å². The Morgan fingerprint density at radius 3 is 2.86 bits per heavy atom. The fourth-order valence-electron chi connectivity index (χ4n) is 2.56. The maximum absolute atomic E-state index is 12.5. The second-order valence-corrected chi connectivity index (χ2v) is 7.70. The summed E-state index contributed by atoms with van der Waals surface area (Å²) in [6.45, 7) is 2.73. The monoisotopic (exact) mass is 314 g/mol. The van der Waals surface area contributed by atoms with Crippen molar-refractivity contribution in [2.24, 2.45) is 0 Å². The summed E-state index contributed by atoms with van der Waals surface area (Å²) in [5.74, 6) is 0.139. The molecule has 0 radical (unpaired) electrons. The van der Waals surface area contributed by atoms with E-state index < -0.39 is 9.84 Å². The lowest BCUT2D eigenvalue weighted by atomic mass is 10.2. The lowest BCUT2D eigenvalue weighted by Gasteiger charge is -2.28. The van der Waals surface area contributed by atoms with Crippen LogP contribution in [0.3, 0.4) is 0 Å². The molecule has 2 heterocycles. The number of unbranched alkanes of at least 4 members (excludes halogenated alkanes) is 1. The predicted molar refractivity (Wildman–Crippen MR) is 80.3 cm³/mol. The molecule has 1 amide bonds. The highest BCUT2D eigenvalue weighted by Crippen LogP contribution is 2.19. The zero-order chi connectivity index (χ0) is 15.5. The van der Waals surface area contributed by atoms with Gasteiger partial charge in [-0.25, -0.2) is 8.42 Å². The number of aromatic nitrogens is 2. The van der Waals surface area contributed by atoms with E-state index in [9.17, 15) is 13.2 Å². The van der Waals surface area contributed by atoms with Crippen LogP contribution in [0.25, 0.3) is 0 Å². The van der Waals surface area contributed by atoms with Crippen LogP contribution in [0, 0.1) is 0 Å². The van der Waals surface area contributed by atoms with Gasteiger partial charge in [-0.15, -0.1) is 0 Å². The quantitative estimate of drug-likeness (QED) is 0.813. The van der Waals surface area contributed by atoms with Crippen molar-refractivity contribution in [3.05, 3.63) is 12.4 Å². The van der Waals surface area contributed by atoms with Crippen molar-refractivity contribution >= 4 is 21.4 Å². The van der Waals surface area contributed by atoms with E-state index in [1.54, 1.807) is 11.1 Å². The molecule has 8 heteroatoms. The molecule has 0 aromatic carbocycles. The first-order valence-electron chi connectivity index (χ1n) is 7.19. The number of carbonyl (C=O) groups excluding carboxylic acids is 1. The number of hydrogen-bond acceptors (Lipinski definition) is 5. The van der Waals surface area contributed by atoms with E-state index in [1.807, 2.05) is 6.92 Å². The van der Waals surface area contributed by atoms with E-state index in [-0.39, 0.29) is 30.0 Å². The Labute approximate surface area is 125 Å². The fourth-order valence-corrected chi connectivity index (χ4v) is 4.29. The van der Waals surface area contributed by atoms with Crippen molar-refractivity contribution in [3.8, 4) is 0 Å². The number of carbonyl (C=O) groups is 1. The second-order valence-electron chi connectivity index (χ2n) is 5.47. The number of nitrogen functional groups attached to an aromatic ring is 1. The highest BCUT2D eigenvalue weighted by atomic mass is 32.2. The van der Waals surface area contributed by atoms with Gasteiger partial charge in [0.2, 0.25) is 5.91 Å². The minimum atomic E-state index is -3.00. The van der Waals surface area contributed by atoms with E-state index in [0.717, 1.165) is 12.8 Å². The van der Waals surface area contributed by atoms with Gasteiger partial charge in [0.05, 0.1) is 23.4 Å². The van der Waals surface area contributed by atoms with Crippen molar-refractivity contribution in [3.63, 3.8) is 0 Å². The Kier molecular flexibility index (Phi) is 4.87. The average molecular weight is 314 g/mol. The topological polar surface area (TPSA) is 98.3 Å². The molecular weight excluding hydrogens is 292 g/mol. The van der Waals surface area contributed by atoms with Gasteiger partial charge >= 0.3 is 0 Å². The summed E-state index contributed by atoms with van der Waals surface area (Å²) < 4.78 is 24.7. The van der Waals surface area contributed by atoms with Gasteiger partial charge in [-0.1, -0.05) is 13.3 Å². The van der Waals surface area contributed by atoms with Gasteiger partial charge in [-0.3, -0.25) is 9.48 Å². The van der Waals surface area contributed by atoms with Crippen LogP contribution in [0.4, 0.5) is 5.69 Å². The number of nitrogens with zero attached hydrogens (tertiary/aromatic N) is 3. The summed E-state index contributed by atoms with van der Waals surface area (Å²) in [5.41, 5.74) is 6.09. The molecule has 1 fully saturated rings. The Hall–Kier alpha value is -1.57. The molecule has 118 valence electrons. The van der Waals surface area contributed by atoms with Gasteiger partial charge in [0.15, 0.2) is 9.84 Å². The molecule has 1 atom stereocenters. The van der Waals surface area contributed by atoms with E-state index in [0.29, 0.717) is 18.7 Å². The van der Waals surface area contributed by atoms with Gasteiger partial charge in [0, 0.05) is 18.8 Å². The Morgan fingerprint density at radius 2 is 2.33 bits per heavy atom. The molecule has 1 saturated heterocycles. The molecule has 1 aliphatic rings. The van der Waals surface area contributed by atoms with Crippen molar-refractivity contribution < 1.29 is 13.2 Å². The van der Waals surface area contributed by atoms with E-state index in [2.05, 4.69) is 5.10 Å². The lowest BCUT2D eigenvalue weighted by Crippen LogP contribution is -2.43. The molecule has 1 aromatic heterocycles. The third-order valence-corrected chi connectivity index (χ3v) is 5.42. The van der Waals surface area contributed by atoms with Gasteiger partial charge in [0.1, 0.15) is 6.54 Å². The smallest absolute Gasteiger partial charge is 0.244 e. The van der Waals surface area contributed by atoms with Crippen molar-refractivity contribution in [2.45, 2.75) is 38.8 Å². The van der Waals surface area contributed by atoms with Crippen LogP contribution < -0.4 is 5.73 Å². The highest BCUT2D eigenvalue weighted by molar-refractivity contribution is 7.91. The number of nitrogens with two attached hydrogens (primary N) is 1. The third-order valence-electron chi connectivity index (χ3n) is 3.67. The van der Waals surface area contributed by atoms with Gasteiger partial charge in [-0.2, -0.15) is 5.10 Å². The second kappa shape index (κ2) is 6.46. The molecule has 0 bridgehead atoms. The first-order valence-corrected chi connectivity index (χ1v) is 9.01. The van der Waals surface area contributed by atoms with E-state index in [1.165, 1.54) is 10.9 Å². The zero-order valence-electron chi connectivity index (χ0n) is 12.2. The van der Waals surface area contributed by atoms with Gasteiger partial charge in [0.25, 0.3) is 0 Å². The normalized spacial score (nSPS) is 20.5. The van der Waals surface area contributed by atoms with Gasteiger partial charge < -0.3 is 10.6 Å². The van der Waals surface area contributed by atoms with Crippen molar-refractivity contribution in [1.29, 1.82) is 0 Å². The molecule has 1 aliphatic heterocycles. The SMILES string of the molecule is CCCCN(C(=O)Cn1cc(N)cn1)C1CCS(=O)(=O)C1. The summed E-state index contributed by atoms with van der Waals surface area (Å²) in [7, 11) is -3.00. The molecule has 2 rings (SSSR count). The first kappa shape index (κ1) is 15.8. The minimum absolute atomic E-state index is 0.0731. The molecule has 1 unspecified atom stereocenters. The molecule has 7 nitrogen and oxygen atoms in total. The van der Waals surface area contributed by atoms with Gasteiger partial charge in [-0.05, 0) is 12.8 Å². The largest absolute Gasteiger partial charge is 0.396 e. The summed E-state index contributed by atoms with van der Waals surface area (Å²) >= 11 is 0. The summed E-state index contributed by atoms with van der Waals surface area (Å²) in [6.07, 6.45) is 5.44. The minimum Gasteiger partial charge on any atom is -0.396 e. The average Bonchev–Trinajstić information content (AvgIpc) is 2.96. The number of amides is 1. The van der Waals surface area contributed by atoms with Crippen LogP contribution in [0.1, 0.15) is 26.2 Å². The van der Waals surface area contributed by atoms with Crippen LogP contribution in [0.2, 0.25) is 0 Å². The summed E-state index contributed by atoms with van der Waals surface area (Å²) in [5, 5.41) is 4.00. The highest BCUT2D eigenvalue weighted by Gasteiger charge is 2.34. The van der Waals surface area contributed by atoms with E-state index in [4.69, 9.17) is 5.73 Å². The molecule has 2 N–H and O–H groups in total. The zero-order valence-corrected chi connectivity index (χ0v) is 13.1. The van der Waals surface area contributed by atoms with Crippen LogP contribution in [0.15, 0.2) is 12.4 Å². The molecule has 0 aliphatic carbocycles. The number of hydrogen-bond donors (Lipinski definition) is 1. The number of anilines is 1. The lowest BCUT2D eigenvalue weighted by molar-refractivity contribution is -0.134. The maximum Gasteiger partial charge on any atom is 0.244 e. The Morgan fingerprint density at radius 1 is 1.57 bits per heavy atom. The first-order chi connectivity index (χ1) is 9.91. The van der Waals surface area contributed by atoms with Crippen LogP contribution in [-0.4, -0.2) is 53.1 Å². The standard InChI is InChI=1S/C13H22N4O3S/c1-2-3-5-17(12-4-6-21(19,20)10-12)13(18)9-16-8-11(14)7-15-16/h7-8,12H,2-6,9-10,14H2,1H3. The van der Waals surface area contributed by atoms with Crippen molar-refractivity contribution in [2.75, 3.05) is 23.8 Å². The molecule has 0 saturated carbocycles. The Bertz CT molecular complexity index is 596. The third kappa shape index (κ3) is 4.20. The number of sulfone groups is 1. The van der Waals surface area contributed by atoms with Crippen LogP contribution in [0.5, 0.6) is 0 Å². The molecular formula is C13H22N4O3S. The predicted octanol–water partition coefficient (Wildman–Crippen LogP) is 0.281. The summed E-state index contributed by atoms with van der Waals surface area (Å²) in [6, 6.07) is -0.207. The Balaban J connectivity index is 2.06. The maximum atomic E-state index is 12.5. The van der Waals surface area contributed by atoms with Crippen LogP contribution in [-0.2, 0) is 21.2 Å². The molecule has 21 heavy (non-hydrogen) atoms.